The van der Waals surface area contributed by atoms with Crippen molar-refractivity contribution in [1.82, 2.24) is 30.8 Å². The molecule has 10 N–H and O–H groups in total. The first-order chi connectivity index (χ1) is 31.7. The lowest BCUT2D eigenvalue weighted by molar-refractivity contribution is -0.143. The molecular weight excluding hydrogens is 847 g/mol. The third kappa shape index (κ3) is 12.8. The summed E-state index contributed by atoms with van der Waals surface area (Å²) in [6.07, 6.45) is 4.30. The fourth-order valence-electron chi connectivity index (χ4n) is 7.69. The summed E-state index contributed by atoms with van der Waals surface area (Å²) in [6, 6.07) is 12.2. The van der Waals surface area contributed by atoms with Crippen molar-refractivity contribution in [3.05, 3.63) is 88.7 Å². The molecule has 354 valence electrons. The van der Waals surface area contributed by atoms with Crippen LogP contribution >= 0.6 is 0 Å². The summed E-state index contributed by atoms with van der Waals surface area (Å²) in [6.45, 7) is 8.22. The number of nitrogens with two attached hydrogens (primary N) is 3. The van der Waals surface area contributed by atoms with Gasteiger partial charge in [-0.05, 0) is 99.8 Å². The average molecular weight is 910 g/mol. The molecule has 18 heteroatoms. The van der Waals surface area contributed by atoms with Crippen LogP contribution in [0.1, 0.15) is 84.9 Å². The van der Waals surface area contributed by atoms with Gasteiger partial charge in [-0.2, -0.15) is 0 Å². The molecule has 1 aliphatic rings. The molecule has 0 fully saturated rings. The summed E-state index contributed by atoms with van der Waals surface area (Å²) in [5, 5.41) is 18.1. The number of amides is 4. The first-order valence-corrected chi connectivity index (χ1v) is 22.3. The number of carboxylic acid groups (broad SMARTS) is 1. The zero-order chi connectivity index (χ0) is 47.9. The van der Waals surface area contributed by atoms with Crippen LogP contribution in [0.4, 0.5) is 0 Å². The molecule has 3 aromatic carbocycles. The Kier molecular flexibility index (Phi) is 18.4. The van der Waals surface area contributed by atoms with Gasteiger partial charge in [-0.3, -0.25) is 19.2 Å². The number of unbranched alkanes of at least 4 members (excludes halogenated alkanes) is 3. The van der Waals surface area contributed by atoms with Crippen molar-refractivity contribution in [1.29, 1.82) is 0 Å². The van der Waals surface area contributed by atoms with Gasteiger partial charge in [0.05, 0.1) is 23.6 Å². The number of rotatable bonds is 20. The second-order valence-electron chi connectivity index (χ2n) is 16.2. The number of likely N-dealkylation sites (N-methyl/N-ethyl adjacent to an activating group) is 1. The average Bonchev–Trinajstić information content (AvgIpc) is 3.29. The van der Waals surface area contributed by atoms with E-state index < -0.39 is 53.8 Å². The van der Waals surface area contributed by atoms with Crippen LogP contribution in [0.15, 0.2) is 60.7 Å². The van der Waals surface area contributed by atoms with Crippen LogP contribution < -0.4 is 47.4 Å². The molecular formula is C48H63N9O9. The number of hydrogen-bond acceptors (Lipinski definition) is 13. The summed E-state index contributed by atoms with van der Waals surface area (Å²) in [5.74, 6) is -2.22. The summed E-state index contributed by atoms with van der Waals surface area (Å²) in [7, 11) is 1.41. The lowest BCUT2D eigenvalue weighted by Crippen LogP contribution is -2.55. The van der Waals surface area contributed by atoms with Gasteiger partial charge in [0, 0.05) is 43.2 Å². The molecule has 0 spiro atoms. The van der Waals surface area contributed by atoms with Crippen molar-refractivity contribution < 1.29 is 43.3 Å². The molecule has 4 bridgehead atoms. The second-order valence-corrected chi connectivity index (χ2v) is 16.2. The molecule has 0 saturated carbocycles. The quantitative estimate of drug-likeness (QED) is 0.0627. The maximum absolute atomic E-state index is 14.7. The highest BCUT2D eigenvalue weighted by Gasteiger charge is 2.36. The van der Waals surface area contributed by atoms with Crippen LogP contribution in [-0.2, 0) is 25.6 Å². The van der Waals surface area contributed by atoms with Crippen molar-refractivity contribution in [2.45, 2.75) is 90.4 Å². The van der Waals surface area contributed by atoms with E-state index in [9.17, 15) is 29.1 Å². The lowest BCUT2D eigenvalue weighted by atomic mass is 9.93. The monoisotopic (exact) mass is 909 g/mol. The number of aromatic nitrogens is 2. The number of aryl methyl sites for hydroxylation is 2. The third-order valence-electron chi connectivity index (χ3n) is 11.1. The number of nitrogens with zero attached hydrogens (tertiary/aromatic N) is 3. The predicted molar refractivity (Wildman–Crippen MR) is 249 cm³/mol. The highest BCUT2D eigenvalue weighted by Crippen LogP contribution is 2.40. The van der Waals surface area contributed by atoms with Gasteiger partial charge in [-0.15, -0.1) is 0 Å². The molecule has 1 aromatic heterocycles. The fraction of sp³-hybridized carbons (Fsp3) is 0.438. The second kappa shape index (κ2) is 24.1. The van der Waals surface area contributed by atoms with E-state index in [1.807, 2.05) is 24.3 Å². The molecule has 1 unspecified atom stereocenters. The smallest absolute Gasteiger partial charge is 0.326 e. The van der Waals surface area contributed by atoms with E-state index in [1.54, 1.807) is 50.2 Å². The van der Waals surface area contributed by atoms with Crippen LogP contribution in [0.5, 0.6) is 17.2 Å². The molecule has 2 heterocycles. The van der Waals surface area contributed by atoms with Crippen molar-refractivity contribution in [3.63, 3.8) is 0 Å². The molecule has 0 radical (unpaired) electrons. The first-order valence-electron chi connectivity index (χ1n) is 22.3. The molecule has 4 aromatic rings. The zero-order valence-electron chi connectivity index (χ0n) is 38.4. The Labute approximate surface area is 385 Å². The van der Waals surface area contributed by atoms with Gasteiger partial charge in [0.25, 0.3) is 5.91 Å². The molecule has 18 nitrogen and oxygen atoms in total. The van der Waals surface area contributed by atoms with Crippen molar-refractivity contribution in [2.24, 2.45) is 17.2 Å². The number of ether oxygens (including phenoxy) is 3. The number of hydrogen-bond donors (Lipinski definition) is 7. The third-order valence-corrected chi connectivity index (χ3v) is 11.1. The van der Waals surface area contributed by atoms with E-state index in [2.05, 4.69) is 32.8 Å². The Morgan fingerprint density at radius 2 is 1.45 bits per heavy atom. The minimum atomic E-state index is -1.41. The topological polar surface area (TPSA) is 276 Å². The maximum Gasteiger partial charge on any atom is 0.326 e. The van der Waals surface area contributed by atoms with Gasteiger partial charge in [0.2, 0.25) is 17.7 Å². The number of nitrogens with one attached hydrogen (secondary N) is 3. The largest absolute Gasteiger partial charge is 0.494 e. The van der Waals surface area contributed by atoms with E-state index in [4.69, 9.17) is 31.4 Å². The summed E-state index contributed by atoms with van der Waals surface area (Å²) in [5.41, 5.74) is 21.1. The number of benzene rings is 3. The number of carboxylic acids is 1. The molecule has 4 atom stereocenters. The Morgan fingerprint density at radius 1 is 0.818 bits per heavy atom. The highest BCUT2D eigenvalue weighted by molar-refractivity contribution is 6.00. The van der Waals surface area contributed by atoms with Gasteiger partial charge >= 0.3 is 5.97 Å². The van der Waals surface area contributed by atoms with Gasteiger partial charge in [0.1, 0.15) is 54.6 Å². The summed E-state index contributed by atoms with van der Waals surface area (Å²) in [4.78, 5) is 79.6. The molecule has 4 amide bonds. The minimum Gasteiger partial charge on any atom is -0.494 e. The number of carbonyl (C=O) groups excluding carboxylic acids is 4. The van der Waals surface area contributed by atoms with Gasteiger partial charge in [0.15, 0.2) is 5.82 Å². The van der Waals surface area contributed by atoms with Crippen LogP contribution in [0, 0.1) is 13.8 Å². The predicted octanol–water partition coefficient (Wildman–Crippen LogP) is 3.34. The summed E-state index contributed by atoms with van der Waals surface area (Å²) < 4.78 is 18.0. The van der Waals surface area contributed by atoms with E-state index in [0.717, 1.165) is 30.6 Å². The minimum absolute atomic E-state index is 0.00551. The Bertz CT molecular complexity index is 2320. The number of carbonyl (C=O) groups is 5. The first kappa shape index (κ1) is 50.4. The SMILES string of the molecule is CCCCCCOc1ccc(-c2nc(C)c(C(=O)NC(CCN)C(=O)N(C)[C@@H]3C(=O)N[C@@H](C)C(=O)N[C@H](C(=O)O)Cc4ccc(OCCN)c(c4)-c4cc3ccc4OCCN)c(C)n2)cc1. The van der Waals surface area contributed by atoms with Crippen LogP contribution in [0.25, 0.3) is 22.5 Å². The Balaban J connectivity index is 1.50. The van der Waals surface area contributed by atoms with E-state index >= 15 is 0 Å². The zero-order valence-corrected chi connectivity index (χ0v) is 38.4. The van der Waals surface area contributed by atoms with Gasteiger partial charge in [-0.25, -0.2) is 14.8 Å². The number of fused-ring (bicyclic) bond motifs is 5. The molecule has 66 heavy (non-hydrogen) atoms. The van der Waals surface area contributed by atoms with Crippen molar-refractivity contribution >= 4 is 29.6 Å². The van der Waals surface area contributed by atoms with Crippen LogP contribution in [-0.4, -0.2) is 114 Å². The lowest BCUT2D eigenvalue weighted by Gasteiger charge is -2.32. The normalized spacial score (nSPS) is 16.5. The molecule has 0 aliphatic carbocycles. The van der Waals surface area contributed by atoms with E-state index in [-0.39, 0.29) is 51.3 Å². The summed E-state index contributed by atoms with van der Waals surface area (Å²) >= 11 is 0. The van der Waals surface area contributed by atoms with E-state index in [0.29, 0.717) is 57.6 Å². The van der Waals surface area contributed by atoms with Crippen molar-refractivity contribution in [2.75, 3.05) is 46.5 Å². The van der Waals surface area contributed by atoms with E-state index in [1.165, 1.54) is 25.3 Å². The fourth-order valence-corrected chi connectivity index (χ4v) is 7.69. The highest BCUT2D eigenvalue weighted by atomic mass is 16.5. The van der Waals surface area contributed by atoms with Gasteiger partial charge < -0.3 is 57.4 Å². The Morgan fingerprint density at radius 3 is 2.06 bits per heavy atom. The standard InChI is InChI=1S/C48H63N9O9/c1-6-7-8-9-22-64-34-14-11-32(12-15-34)43-52-28(2)41(29(3)53-43)45(59)55-37(18-19-49)47(61)57(5)42-33-13-17-40(66-24-21-51)36(27-33)35-25-31(10-16-39(35)65-23-20-50)26-38(48(62)63)56-44(58)30(4)54-46(42)60/h10-17,25,27,30,37-38,42H,6-9,18-24,26,49-51H2,1-5H3,(H,54,60)(H,55,59)(H,56,58)(H,62,63)/t30-,37?,38-,42-/m0/s1. The van der Waals surface area contributed by atoms with Crippen molar-refractivity contribution in [3.8, 4) is 39.8 Å². The maximum atomic E-state index is 14.7. The van der Waals surface area contributed by atoms with Crippen LogP contribution in [0.2, 0.25) is 0 Å². The Hall–Kier alpha value is -6.63. The number of aliphatic carboxylic acids is 1. The molecule has 1 aliphatic heterocycles. The van der Waals surface area contributed by atoms with Crippen LogP contribution in [0.3, 0.4) is 0 Å². The molecule has 0 saturated heterocycles. The molecule has 5 rings (SSSR count). The van der Waals surface area contributed by atoms with Gasteiger partial charge in [-0.1, -0.05) is 38.3 Å².